The number of aliphatic hydroxyl groups is 1. The van der Waals surface area contributed by atoms with Crippen molar-refractivity contribution in [1.29, 1.82) is 0 Å². The minimum atomic E-state index is -0.740. The molecule has 4 N–H and O–H groups in total. The van der Waals surface area contributed by atoms with Crippen molar-refractivity contribution in [3.8, 4) is 5.69 Å². The average Bonchev–Trinajstić information content (AvgIpc) is 3.09. The smallest absolute Gasteiger partial charge is 0.264 e. The standard InChI is InChI=1S/C27H37N5O4/c1-15-22-21(14-27(5,6)31(24(22)35)25(36)26(2,3)4)32(30-15)17-9-12-19(23(28)34)20(13-17)29-16-7-10-18(33)11-8-16/h9,12-13,16,18,29,33H,7-8,10-11,14H2,1-6H3,(H2,28,34). The van der Waals surface area contributed by atoms with Crippen LogP contribution in [0.3, 0.4) is 0 Å². The van der Waals surface area contributed by atoms with E-state index in [-0.39, 0.29) is 24.0 Å². The van der Waals surface area contributed by atoms with Gasteiger partial charge >= 0.3 is 0 Å². The fourth-order valence-corrected chi connectivity index (χ4v) is 5.25. The van der Waals surface area contributed by atoms with Gasteiger partial charge in [-0.2, -0.15) is 5.10 Å². The van der Waals surface area contributed by atoms with Gasteiger partial charge in [0.05, 0.1) is 39.8 Å². The third kappa shape index (κ3) is 4.64. The van der Waals surface area contributed by atoms with Gasteiger partial charge in [0.15, 0.2) is 0 Å². The van der Waals surface area contributed by atoms with Crippen molar-refractivity contribution in [2.45, 2.75) is 91.3 Å². The highest BCUT2D eigenvalue weighted by Gasteiger charge is 2.47. The van der Waals surface area contributed by atoms with Crippen LogP contribution in [0.4, 0.5) is 5.69 Å². The number of fused-ring (bicyclic) bond motifs is 1. The molecule has 194 valence electrons. The third-order valence-electron chi connectivity index (χ3n) is 7.19. The molecule has 1 aliphatic carbocycles. The van der Waals surface area contributed by atoms with Crippen LogP contribution in [0.15, 0.2) is 18.2 Å². The van der Waals surface area contributed by atoms with E-state index in [9.17, 15) is 19.5 Å². The van der Waals surface area contributed by atoms with Gasteiger partial charge in [0.2, 0.25) is 5.91 Å². The van der Waals surface area contributed by atoms with E-state index < -0.39 is 16.9 Å². The van der Waals surface area contributed by atoms with E-state index in [4.69, 9.17) is 5.73 Å². The predicted molar refractivity (Wildman–Crippen MR) is 137 cm³/mol. The molecule has 2 aliphatic rings. The first-order valence-electron chi connectivity index (χ1n) is 12.6. The number of rotatable bonds is 4. The quantitative estimate of drug-likeness (QED) is 0.596. The lowest BCUT2D eigenvalue weighted by Gasteiger charge is -2.43. The van der Waals surface area contributed by atoms with E-state index in [1.165, 1.54) is 4.90 Å². The van der Waals surface area contributed by atoms with Gasteiger partial charge in [-0.1, -0.05) is 20.8 Å². The van der Waals surface area contributed by atoms with E-state index in [2.05, 4.69) is 10.4 Å². The van der Waals surface area contributed by atoms with Crippen LogP contribution in [-0.4, -0.2) is 55.2 Å². The summed E-state index contributed by atoms with van der Waals surface area (Å²) in [5, 5.41) is 18.0. The molecule has 4 rings (SSSR count). The van der Waals surface area contributed by atoms with Crippen molar-refractivity contribution >= 4 is 23.4 Å². The molecule has 1 fully saturated rings. The second kappa shape index (κ2) is 9.03. The molecule has 1 aromatic carbocycles. The number of aliphatic hydroxyl groups excluding tert-OH is 1. The Kier molecular flexibility index (Phi) is 6.49. The molecule has 1 aliphatic heterocycles. The fraction of sp³-hybridized carbons (Fsp3) is 0.556. The summed E-state index contributed by atoms with van der Waals surface area (Å²) < 4.78 is 1.74. The van der Waals surface area contributed by atoms with Crippen LogP contribution in [-0.2, 0) is 11.2 Å². The number of amides is 3. The van der Waals surface area contributed by atoms with Crippen molar-refractivity contribution in [2.24, 2.45) is 11.1 Å². The number of carbonyl (C=O) groups excluding carboxylic acids is 3. The monoisotopic (exact) mass is 495 g/mol. The third-order valence-corrected chi connectivity index (χ3v) is 7.19. The first-order chi connectivity index (χ1) is 16.7. The molecule has 2 aromatic rings. The number of carbonyl (C=O) groups is 3. The number of aromatic nitrogens is 2. The minimum absolute atomic E-state index is 0.118. The van der Waals surface area contributed by atoms with Crippen molar-refractivity contribution in [1.82, 2.24) is 14.7 Å². The van der Waals surface area contributed by atoms with Crippen LogP contribution in [0.25, 0.3) is 5.69 Å². The second-order valence-electron chi connectivity index (χ2n) is 11.7. The molecule has 9 heteroatoms. The molecule has 0 bridgehead atoms. The highest BCUT2D eigenvalue weighted by molar-refractivity contribution is 6.09. The summed E-state index contributed by atoms with van der Waals surface area (Å²) in [6.07, 6.45) is 3.15. The van der Waals surface area contributed by atoms with Crippen LogP contribution < -0.4 is 11.1 Å². The zero-order valence-electron chi connectivity index (χ0n) is 22.0. The van der Waals surface area contributed by atoms with Crippen molar-refractivity contribution in [3.63, 3.8) is 0 Å². The van der Waals surface area contributed by atoms with Crippen LogP contribution in [0.1, 0.15) is 92.4 Å². The molecule has 9 nitrogen and oxygen atoms in total. The molecule has 0 unspecified atom stereocenters. The number of hydrogen-bond acceptors (Lipinski definition) is 6. The first kappa shape index (κ1) is 25.9. The number of hydrogen-bond donors (Lipinski definition) is 3. The summed E-state index contributed by atoms with van der Waals surface area (Å²) >= 11 is 0. The maximum absolute atomic E-state index is 13.6. The van der Waals surface area contributed by atoms with Gasteiger partial charge in [-0.3, -0.25) is 19.3 Å². The van der Waals surface area contributed by atoms with Gasteiger partial charge in [0.25, 0.3) is 11.8 Å². The molecule has 1 aromatic heterocycles. The van der Waals surface area contributed by atoms with Gasteiger partial charge in [0, 0.05) is 23.6 Å². The number of imide groups is 1. The maximum atomic E-state index is 13.6. The topological polar surface area (TPSA) is 131 Å². The van der Waals surface area contributed by atoms with Crippen LogP contribution in [0, 0.1) is 12.3 Å². The van der Waals surface area contributed by atoms with E-state index >= 15 is 0 Å². The minimum Gasteiger partial charge on any atom is -0.393 e. The lowest BCUT2D eigenvalue weighted by molar-refractivity contribution is -0.141. The number of aryl methyl sites for hydroxylation is 1. The fourth-order valence-electron chi connectivity index (χ4n) is 5.25. The number of anilines is 1. The number of nitrogens with one attached hydrogen (secondary N) is 1. The Labute approximate surface area is 212 Å². The van der Waals surface area contributed by atoms with Gasteiger partial charge in [-0.05, 0) is 64.7 Å². The predicted octanol–water partition coefficient (Wildman–Crippen LogP) is 3.34. The van der Waals surface area contributed by atoms with Crippen molar-refractivity contribution in [2.75, 3.05) is 5.32 Å². The van der Waals surface area contributed by atoms with Crippen LogP contribution in [0.2, 0.25) is 0 Å². The number of primary amides is 1. The van der Waals surface area contributed by atoms with E-state index in [1.54, 1.807) is 23.7 Å². The van der Waals surface area contributed by atoms with Crippen LogP contribution in [0.5, 0.6) is 0 Å². The number of nitrogens with zero attached hydrogens (tertiary/aromatic N) is 3. The van der Waals surface area contributed by atoms with Crippen molar-refractivity contribution in [3.05, 3.63) is 40.7 Å². The molecular weight excluding hydrogens is 458 g/mol. The molecule has 1 saturated carbocycles. The van der Waals surface area contributed by atoms with Crippen LogP contribution >= 0.6 is 0 Å². The molecule has 0 radical (unpaired) electrons. The Hall–Kier alpha value is -3.20. The Morgan fingerprint density at radius 3 is 2.39 bits per heavy atom. The van der Waals surface area contributed by atoms with E-state index in [1.807, 2.05) is 40.7 Å². The maximum Gasteiger partial charge on any atom is 0.264 e. The molecular formula is C27H37N5O4. The number of nitrogens with two attached hydrogens (primary N) is 1. The number of benzene rings is 1. The first-order valence-corrected chi connectivity index (χ1v) is 12.6. The summed E-state index contributed by atoms with van der Waals surface area (Å²) in [7, 11) is 0. The molecule has 0 spiro atoms. The van der Waals surface area contributed by atoms with Gasteiger partial charge in [-0.25, -0.2) is 4.68 Å². The highest BCUT2D eigenvalue weighted by Crippen LogP contribution is 2.37. The molecule has 0 atom stereocenters. The summed E-state index contributed by atoms with van der Waals surface area (Å²) in [6, 6.07) is 5.40. The molecule has 2 heterocycles. The van der Waals surface area contributed by atoms with E-state index in [0.717, 1.165) is 18.5 Å². The zero-order valence-corrected chi connectivity index (χ0v) is 22.0. The summed E-state index contributed by atoms with van der Waals surface area (Å²) in [5.74, 6) is -1.09. The lowest BCUT2D eigenvalue weighted by Crippen LogP contribution is -2.58. The van der Waals surface area contributed by atoms with Gasteiger partial charge in [-0.15, -0.1) is 0 Å². The lowest BCUT2D eigenvalue weighted by atomic mass is 9.84. The largest absolute Gasteiger partial charge is 0.393 e. The second-order valence-corrected chi connectivity index (χ2v) is 11.7. The average molecular weight is 496 g/mol. The zero-order chi connectivity index (χ0) is 26.6. The molecule has 36 heavy (non-hydrogen) atoms. The Morgan fingerprint density at radius 1 is 1.17 bits per heavy atom. The van der Waals surface area contributed by atoms with E-state index in [0.29, 0.717) is 47.5 Å². The van der Waals surface area contributed by atoms with Gasteiger partial charge < -0.3 is 16.2 Å². The SMILES string of the molecule is Cc1nn(-c2ccc(C(N)=O)c(NC3CCC(O)CC3)c2)c2c1C(=O)N(C(=O)C(C)(C)C)C(C)(C)C2. The Bertz CT molecular complexity index is 1220. The summed E-state index contributed by atoms with van der Waals surface area (Å²) in [4.78, 5) is 40.4. The summed E-state index contributed by atoms with van der Waals surface area (Å²) in [5.41, 5.74) is 7.62. The van der Waals surface area contributed by atoms with Gasteiger partial charge in [0.1, 0.15) is 0 Å². The highest BCUT2D eigenvalue weighted by atomic mass is 16.3. The normalized spacial score (nSPS) is 21.8. The summed E-state index contributed by atoms with van der Waals surface area (Å²) in [6.45, 7) is 11.0. The molecule has 3 amide bonds. The molecule has 0 saturated heterocycles. The van der Waals surface area contributed by atoms with Crippen molar-refractivity contribution < 1.29 is 19.5 Å². The Morgan fingerprint density at radius 2 is 1.81 bits per heavy atom. The Balaban J connectivity index is 1.76.